The summed E-state index contributed by atoms with van der Waals surface area (Å²) < 4.78 is 5.34. The predicted octanol–water partition coefficient (Wildman–Crippen LogP) is 2.63. The number of hydrogen-bond donors (Lipinski definition) is 0. The molecule has 1 fully saturated rings. The van der Waals surface area contributed by atoms with Crippen LogP contribution < -0.4 is 0 Å². The fourth-order valence-corrected chi connectivity index (χ4v) is 3.17. The van der Waals surface area contributed by atoms with E-state index in [2.05, 4.69) is 15.0 Å². The quantitative estimate of drug-likeness (QED) is 0.735. The van der Waals surface area contributed by atoms with Crippen LogP contribution in [-0.2, 0) is 4.74 Å². The average molecular weight is 256 g/mol. The topological polar surface area (TPSA) is 47.9 Å². The molecule has 1 aliphatic rings. The smallest absolute Gasteiger partial charge is 0.159 e. The molecule has 1 aliphatic heterocycles. The third-order valence-corrected chi connectivity index (χ3v) is 4.14. The predicted molar refractivity (Wildman–Crippen MR) is 63.0 cm³/mol. The summed E-state index contributed by atoms with van der Waals surface area (Å²) in [6.45, 7) is 1.64. The molecular formula is C10H10ClN3OS. The fourth-order valence-electron chi connectivity index (χ4n) is 1.86. The minimum Gasteiger partial charge on any atom is -0.381 e. The minimum absolute atomic E-state index is 0.444. The fraction of sp³-hybridized carbons (Fsp3) is 0.500. The Bertz CT molecular complexity index is 510. The normalized spacial score (nSPS) is 18.1. The van der Waals surface area contributed by atoms with Gasteiger partial charge >= 0.3 is 0 Å². The first-order valence-corrected chi connectivity index (χ1v) is 6.39. The van der Waals surface area contributed by atoms with Gasteiger partial charge in [-0.2, -0.15) is 0 Å². The van der Waals surface area contributed by atoms with Gasteiger partial charge in [0, 0.05) is 19.1 Å². The molecule has 16 heavy (non-hydrogen) atoms. The maximum atomic E-state index is 5.98. The maximum Gasteiger partial charge on any atom is 0.159 e. The van der Waals surface area contributed by atoms with Crippen LogP contribution in [0.1, 0.15) is 23.8 Å². The van der Waals surface area contributed by atoms with E-state index >= 15 is 0 Å². The Morgan fingerprint density at radius 3 is 2.88 bits per heavy atom. The maximum absolute atomic E-state index is 5.98. The molecule has 84 valence electrons. The molecular weight excluding hydrogens is 246 g/mol. The van der Waals surface area contributed by atoms with Crippen molar-refractivity contribution in [2.24, 2.45) is 0 Å². The number of halogens is 1. The molecule has 6 heteroatoms. The van der Waals surface area contributed by atoms with Crippen molar-refractivity contribution < 1.29 is 4.74 Å². The highest BCUT2D eigenvalue weighted by molar-refractivity contribution is 7.18. The van der Waals surface area contributed by atoms with Crippen LogP contribution in [0.5, 0.6) is 0 Å². The lowest BCUT2D eigenvalue weighted by molar-refractivity contribution is 0.0853. The third kappa shape index (κ3) is 1.79. The van der Waals surface area contributed by atoms with Crippen LogP contribution in [0.4, 0.5) is 0 Å². The van der Waals surface area contributed by atoms with E-state index in [9.17, 15) is 0 Å². The molecule has 0 atom stereocenters. The van der Waals surface area contributed by atoms with Gasteiger partial charge in [0.15, 0.2) is 5.15 Å². The number of rotatable bonds is 1. The van der Waals surface area contributed by atoms with Gasteiger partial charge in [0.25, 0.3) is 0 Å². The lowest BCUT2D eigenvalue weighted by Gasteiger charge is -2.19. The summed E-state index contributed by atoms with van der Waals surface area (Å²) in [6, 6.07) is 0. The molecule has 1 saturated heterocycles. The first-order chi connectivity index (χ1) is 7.84. The molecule has 0 bridgehead atoms. The summed E-state index contributed by atoms with van der Waals surface area (Å²) in [5, 5.41) is 1.56. The standard InChI is InChI=1S/C10H10ClN3OS/c11-8-7-10(13-5-12-8)16-9(14-7)6-1-3-15-4-2-6/h5-6H,1-4H2. The number of thiazole rings is 1. The summed E-state index contributed by atoms with van der Waals surface area (Å²) in [6.07, 6.45) is 3.55. The largest absolute Gasteiger partial charge is 0.381 e. The molecule has 3 heterocycles. The number of ether oxygens (including phenoxy) is 1. The monoisotopic (exact) mass is 255 g/mol. The molecule has 0 aliphatic carbocycles. The first-order valence-electron chi connectivity index (χ1n) is 5.19. The highest BCUT2D eigenvalue weighted by Crippen LogP contribution is 2.33. The van der Waals surface area contributed by atoms with Crippen molar-refractivity contribution in [1.29, 1.82) is 0 Å². The Hall–Kier alpha value is -0.780. The second-order valence-electron chi connectivity index (χ2n) is 3.76. The van der Waals surface area contributed by atoms with Gasteiger partial charge in [0.1, 0.15) is 16.7 Å². The summed E-state index contributed by atoms with van der Waals surface area (Å²) in [4.78, 5) is 13.5. The molecule has 0 spiro atoms. The van der Waals surface area contributed by atoms with Crippen LogP contribution in [0.3, 0.4) is 0 Å². The molecule has 2 aromatic heterocycles. The summed E-state index contributed by atoms with van der Waals surface area (Å²) in [5.41, 5.74) is 0.732. The van der Waals surface area contributed by atoms with Gasteiger partial charge in [-0.05, 0) is 12.8 Å². The van der Waals surface area contributed by atoms with E-state index < -0.39 is 0 Å². The van der Waals surface area contributed by atoms with Crippen LogP contribution in [0.25, 0.3) is 10.3 Å². The van der Waals surface area contributed by atoms with E-state index in [1.807, 2.05) is 0 Å². The van der Waals surface area contributed by atoms with E-state index in [-0.39, 0.29) is 0 Å². The van der Waals surface area contributed by atoms with Crippen molar-refractivity contribution in [3.8, 4) is 0 Å². The molecule has 0 unspecified atom stereocenters. The molecule has 0 aromatic carbocycles. The van der Waals surface area contributed by atoms with Crippen LogP contribution >= 0.6 is 22.9 Å². The zero-order valence-corrected chi connectivity index (χ0v) is 10.1. The van der Waals surface area contributed by atoms with Crippen molar-refractivity contribution in [3.05, 3.63) is 16.5 Å². The van der Waals surface area contributed by atoms with Gasteiger partial charge in [-0.25, -0.2) is 15.0 Å². The van der Waals surface area contributed by atoms with Crippen LogP contribution in [0.15, 0.2) is 6.33 Å². The Morgan fingerprint density at radius 2 is 2.12 bits per heavy atom. The lowest BCUT2D eigenvalue weighted by Crippen LogP contribution is -2.13. The summed E-state index contributed by atoms with van der Waals surface area (Å²) >= 11 is 7.59. The van der Waals surface area contributed by atoms with Crippen molar-refractivity contribution in [1.82, 2.24) is 15.0 Å². The van der Waals surface area contributed by atoms with Gasteiger partial charge in [0.05, 0.1) is 5.01 Å². The zero-order valence-electron chi connectivity index (χ0n) is 8.52. The van der Waals surface area contributed by atoms with Gasteiger partial charge < -0.3 is 4.74 Å². The SMILES string of the molecule is Clc1ncnc2sc(C3CCOCC3)nc12. The number of nitrogens with zero attached hydrogens (tertiary/aromatic N) is 3. The van der Waals surface area contributed by atoms with Crippen LogP contribution in [0, 0.1) is 0 Å². The van der Waals surface area contributed by atoms with E-state index in [0.717, 1.165) is 41.4 Å². The second-order valence-corrected chi connectivity index (χ2v) is 5.12. The van der Waals surface area contributed by atoms with Gasteiger partial charge in [-0.1, -0.05) is 22.9 Å². The average Bonchev–Trinajstić information content (AvgIpc) is 2.76. The molecule has 3 rings (SSSR count). The molecule has 0 radical (unpaired) electrons. The molecule has 0 amide bonds. The summed E-state index contributed by atoms with van der Waals surface area (Å²) in [5.74, 6) is 0.490. The van der Waals surface area contributed by atoms with Crippen LogP contribution in [0.2, 0.25) is 5.15 Å². The van der Waals surface area contributed by atoms with E-state index in [1.165, 1.54) is 6.33 Å². The Kier molecular flexibility index (Phi) is 2.75. The highest BCUT2D eigenvalue weighted by atomic mass is 35.5. The zero-order chi connectivity index (χ0) is 11.0. The van der Waals surface area contributed by atoms with Gasteiger partial charge in [0.2, 0.25) is 0 Å². The molecule has 0 saturated carbocycles. The van der Waals surface area contributed by atoms with E-state index in [4.69, 9.17) is 16.3 Å². The molecule has 2 aromatic rings. The minimum atomic E-state index is 0.444. The molecule has 4 nitrogen and oxygen atoms in total. The highest BCUT2D eigenvalue weighted by Gasteiger charge is 2.20. The van der Waals surface area contributed by atoms with Crippen LogP contribution in [-0.4, -0.2) is 28.2 Å². The molecule has 0 N–H and O–H groups in total. The lowest BCUT2D eigenvalue weighted by atomic mass is 10.0. The van der Waals surface area contributed by atoms with E-state index in [0.29, 0.717) is 11.1 Å². The third-order valence-electron chi connectivity index (χ3n) is 2.74. The second kappa shape index (κ2) is 4.24. The van der Waals surface area contributed by atoms with Gasteiger partial charge in [-0.15, -0.1) is 0 Å². The van der Waals surface area contributed by atoms with Crippen molar-refractivity contribution in [2.45, 2.75) is 18.8 Å². The number of fused-ring (bicyclic) bond motifs is 1. The van der Waals surface area contributed by atoms with Crippen molar-refractivity contribution >= 4 is 33.3 Å². The number of hydrogen-bond acceptors (Lipinski definition) is 5. The Labute approximate surface area is 102 Å². The van der Waals surface area contributed by atoms with Crippen molar-refractivity contribution in [3.63, 3.8) is 0 Å². The Morgan fingerprint density at radius 1 is 1.31 bits per heavy atom. The summed E-state index contributed by atoms with van der Waals surface area (Å²) in [7, 11) is 0. The Balaban J connectivity index is 2.01. The van der Waals surface area contributed by atoms with Gasteiger partial charge in [-0.3, -0.25) is 0 Å². The number of aromatic nitrogens is 3. The van der Waals surface area contributed by atoms with Crippen molar-refractivity contribution in [2.75, 3.05) is 13.2 Å². The van der Waals surface area contributed by atoms with E-state index in [1.54, 1.807) is 11.3 Å². The first kappa shape index (κ1) is 10.4.